The highest BCUT2D eigenvalue weighted by atomic mass is 19.1. The molecule has 1 aliphatic rings. The molecule has 0 aromatic heterocycles. The van der Waals surface area contributed by atoms with Crippen molar-refractivity contribution in [3.05, 3.63) is 35.1 Å². The fourth-order valence-corrected chi connectivity index (χ4v) is 2.65. The van der Waals surface area contributed by atoms with Crippen molar-refractivity contribution in [2.75, 3.05) is 13.2 Å². The van der Waals surface area contributed by atoms with Crippen LogP contribution < -0.4 is 0 Å². The van der Waals surface area contributed by atoms with Crippen LogP contribution in [0.15, 0.2) is 18.2 Å². The SMILES string of the molecule is CC(C)(C)OC(=O)C(C)(C(=O)OC(C)(C)C)c1ccc(C2OCCO2)c(F)c1. The summed E-state index contributed by atoms with van der Waals surface area (Å²) in [5.41, 5.74) is -3.15. The lowest BCUT2D eigenvalue weighted by molar-refractivity contribution is -0.176. The lowest BCUT2D eigenvalue weighted by Crippen LogP contribution is -2.48. The van der Waals surface area contributed by atoms with Crippen LogP contribution in [-0.2, 0) is 34.0 Å². The van der Waals surface area contributed by atoms with Crippen molar-refractivity contribution >= 4 is 11.9 Å². The Morgan fingerprint density at radius 1 is 0.929 bits per heavy atom. The van der Waals surface area contributed by atoms with E-state index in [4.69, 9.17) is 18.9 Å². The van der Waals surface area contributed by atoms with E-state index in [0.29, 0.717) is 13.2 Å². The van der Waals surface area contributed by atoms with Gasteiger partial charge in [-0.05, 0) is 60.1 Å². The fraction of sp³-hybridized carbons (Fsp3) is 0.619. The second-order valence-electron chi connectivity index (χ2n) is 8.94. The number of carbonyl (C=O) groups is 2. The molecular formula is C21H29FO6. The second-order valence-corrected chi connectivity index (χ2v) is 8.94. The predicted octanol–water partition coefficient (Wildman–Crippen LogP) is 3.81. The summed E-state index contributed by atoms with van der Waals surface area (Å²) in [7, 11) is 0. The highest BCUT2D eigenvalue weighted by Crippen LogP contribution is 2.34. The van der Waals surface area contributed by atoms with Crippen molar-refractivity contribution < 1.29 is 32.9 Å². The Kier molecular flexibility index (Phi) is 6.21. The summed E-state index contributed by atoms with van der Waals surface area (Å²) < 4.78 is 36.3. The Morgan fingerprint density at radius 2 is 1.39 bits per heavy atom. The average molecular weight is 396 g/mol. The number of rotatable bonds is 4. The van der Waals surface area contributed by atoms with Crippen LogP contribution in [0.3, 0.4) is 0 Å². The zero-order chi connectivity index (χ0) is 21.3. The lowest BCUT2D eigenvalue weighted by atomic mass is 9.81. The largest absolute Gasteiger partial charge is 0.459 e. The van der Waals surface area contributed by atoms with Crippen LogP contribution >= 0.6 is 0 Å². The van der Waals surface area contributed by atoms with Gasteiger partial charge >= 0.3 is 11.9 Å². The van der Waals surface area contributed by atoms with Crippen LogP contribution in [-0.4, -0.2) is 36.4 Å². The van der Waals surface area contributed by atoms with Crippen molar-refractivity contribution in [2.45, 2.75) is 71.4 Å². The smallest absolute Gasteiger partial charge is 0.328 e. The number of carbonyl (C=O) groups excluding carboxylic acids is 2. The number of halogens is 1. The topological polar surface area (TPSA) is 71.1 Å². The van der Waals surface area contributed by atoms with Crippen LogP contribution in [0.1, 0.15) is 65.9 Å². The molecule has 7 heteroatoms. The first-order valence-corrected chi connectivity index (χ1v) is 9.24. The van der Waals surface area contributed by atoms with Gasteiger partial charge in [-0.2, -0.15) is 0 Å². The van der Waals surface area contributed by atoms with Crippen LogP contribution in [0.4, 0.5) is 4.39 Å². The first-order chi connectivity index (χ1) is 12.7. The first kappa shape index (κ1) is 22.3. The Labute approximate surface area is 165 Å². The molecule has 6 nitrogen and oxygen atoms in total. The molecule has 0 saturated carbocycles. The number of ether oxygens (including phenoxy) is 4. The summed E-state index contributed by atoms with van der Waals surface area (Å²) in [6.07, 6.45) is -0.802. The second kappa shape index (κ2) is 7.79. The molecule has 0 amide bonds. The normalized spacial score (nSPS) is 16.1. The van der Waals surface area contributed by atoms with Crippen molar-refractivity contribution in [2.24, 2.45) is 0 Å². The third-order valence-corrected chi connectivity index (χ3v) is 4.07. The molecule has 28 heavy (non-hydrogen) atoms. The van der Waals surface area contributed by atoms with Crippen molar-refractivity contribution in [1.29, 1.82) is 0 Å². The molecule has 1 fully saturated rings. The first-order valence-electron chi connectivity index (χ1n) is 9.24. The molecule has 2 rings (SSSR count). The highest BCUT2D eigenvalue weighted by Gasteiger charge is 2.49. The van der Waals surface area contributed by atoms with E-state index in [1.807, 2.05) is 0 Å². The van der Waals surface area contributed by atoms with Gasteiger partial charge in [0.2, 0.25) is 0 Å². The quantitative estimate of drug-likeness (QED) is 0.569. The number of benzene rings is 1. The van der Waals surface area contributed by atoms with E-state index < -0.39 is 40.7 Å². The van der Waals surface area contributed by atoms with E-state index in [2.05, 4.69) is 0 Å². The minimum atomic E-state index is -1.84. The van der Waals surface area contributed by atoms with E-state index in [9.17, 15) is 14.0 Å². The van der Waals surface area contributed by atoms with Gasteiger partial charge in [-0.25, -0.2) is 4.39 Å². The van der Waals surface area contributed by atoms with E-state index in [1.54, 1.807) is 41.5 Å². The summed E-state index contributed by atoms with van der Waals surface area (Å²) in [5, 5.41) is 0. The molecule has 0 bridgehead atoms. The van der Waals surface area contributed by atoms with Gasteiger partial charge in [0.15, 0.2) is 11.7 Å². The van der Waals surface area contributed by atoms with Crippen LogP contribution in [0.2, 0.25) is 0 Å². The van der Waals surface area contributed by atoms with Gasteiger partial charge in [0, 0.05) is 5.56 Å². The summed E-state index contributed by atoms with van der Waals surface area (Å²) in [5.74, 6) is -2.26. The minimum absolute atomic E-state index is 0.134. The summed E-state index contributed by atoms with van der Waals surface area (Å²) >= 11 is 0. The summed E-state index contributed by atoms with van der Waals surface area (Å²) in [6.45, 7) is 12.3. The van der Waals surface area contributed by atoms with Gasteiger partial charge in [-0.15, -0.1) is 0 Å². The molecule has 0 radical (unpaired) electrons. The summed E-state index contributed by atoms with van der Waals surface area (Å²) in [6, 6.07) is 4.08. The van der Waals surface area contributed by atoms with Crippen LogP contribution in [0.5, 0.6) is 0 Å². The molecular weight excluding hydrogens is 367 g/mol. The Bertz CT molecular complexity index is 710. The van der Waals surface area contributed by atoms with E-state index in [-0.39, 0.29) is 11.1 Å². The zero-order valence-corrected chi connectivity index (χ0v) is 17.6. The van der Waals surface area contributed by atoms with Crippen molar-refractivity contribution in [3.63, 3.8) is 0 Å². The maximum Gasteiger partial charge on any atom is 0.328 e. The lowest BCUT2D eigenvalue weighted by Gasteiger charge is -2.32. The molecule has 0 spiro atoms. The standard InChI is InChI=1S/C21H29FO6/c1-19(2,3)27-17(23)21(7,18(24)28-20(4,5)6)13-8-9-14(15(22)12-13)16-25-10-11-26-16/h8-9,12,16H,10-11H2,1-7H3. The van der Waals surface area contributed by atoms with Crippen molar-refractivity contribution in [3.8, 4) is 0 Å². The zero-order valence-electron chi connectivity index (χ0n) is 17.6. The Morgan fingerprint density at radius 3 is 1.79 bits per heavy atom. The maximum absolute atomic E-state index is 14.8. The summed E-state index contributed by atoms with van der Waals surface area (Å²) in [4.78, 5) is 25.9. The minimum Gasteiger partial charge on any atom is -0.459 e. The predicted molar refractivity (Wildman–Crippen MR) is 100 cm³/mol. The van der Waals surface area contributed by atoms with Gasteiger partial charge < -0.3 is 18.9 Å². The highest BCUT2D eigenvalue weighted by molar-refractivity contribution is 6.06. The van der Waals surface area contributed by atoms with Gasteiger partial charge in [-0.1, -0.05) is 12.1 Å². The van der Waals surface area contributed by atoms with Gasteiger partial charge in [0.1, 0.15) is 17.0 Å². The molecule has 1 heterocycles. The molecule has 1 aromatic carbocycles. The van der Waals surface area contributed by atoms with Crippen molar-refractivity contribution in [1.82, 2.24) is 0 Å². The Hall–Kier alpha value is -1.99. The van der Waals surface area contributed by atoms with Crippen LogP contribution in [0, 0.1) is 5.82 Å². The number of hydrogen-bond donors (Lipinski definition) is 0. The molecule has 0 atom stereocenters. The molecule has 0 aliphatic carbocycles. The molecule has 1 saturated heterocycles. The number of esters is 2. The maximum atomic E-state index is 14.8. The Balaban J connectivity index is 2.47. The monoisotopic (exact) mass is 396 g/mol. The molecule has 156 valence electrons. The third kappa shape index (κ3) is 5.08. The molecule has 1 aromatic rings. The molecule has 1 aliphatic heterocycles. The van der Waals surface area contributed by atoms with E-state index in [0.717, 1.165) is 6.07 Å². The average Bonchev–Trinajstić information content (AvgIpc) is 3.04. The van der Waals surface area contributed by atoms with Gasteiger partial charge in [-0.3, -0.25) is 9.59 Å². The van der Waals surface area contributed by atoms with E-state index in [1.165, 1.54) is 19.1 Å². The van der Waals surface area contributed by atoms with Crippen LogP contribution in [0.25, 0.3) is 0 Å². The third-order valence-electron chi connectivity index (χ3n) is 4.07. The molecule has 0 unspecified atom stereocenters. The fourth-order valence-electron chi connectivity index (χ4n) is 2.65. The van der Waals surface area contributed by atoms with Gasteiger partial charge in [0.05, 0.1) is 13.2 Å². The van der Waals surface area contributed by atoms with Gasteiger partial charge in [0.25, 0.3) is 0 Å². The molecule has 0 N–H and O–H groups in total. The van der Waals surface area contributed by atoms with E-state index >= 15 is 0 Å². The number of hydrogen-bond acceptors (Lipinski definition) is 6.